The number of hydrogen-bond acceptors (Lipinski definition) is 6. The molecule has 0 bridgehead atoms. The van der Waals surface area contributed by atoms with Gasteiger partial charge >= 0.3 is 0 Å². The second-order valence-corrected chi connectivity index (χ2v) is 7.27. The Balaban J connectivity index is 1.61. The van der Waals surface area contributed by atoms with Gasteiger partial charge in [0.25, 0.3) is 17.2 Å². The van der Waals surface area contributed by atoms with Crippen molar-refractivity contribution >= 4 is 17.0 Å². The highest BCUT2D eigenvalue weighted by molar-refractivity contribution is 6.07. The van der Waals surface area contributed by atoms with Gasteiger partial charge < -0.3 is 14.4 Å². The first-order chi connectivity index (χ1) is 13.0. The van der Waals surface area contributed by atoms with E-state index in [9.17, 15) is 9.59 Å². The van der Waals surface area contributed by atoms with Crippen molar-refractivity contribution in [3.05, 3.63) is 50.0 Å². The van der Waals surface area contributed by atoms with Gasteiger partial charge in [0.15, 0.2) is 0 Å². The van der Waals surface area contributed by atoms with Gasteiger partial charge in [-0.3, -0.25) is 9.59 Å². The van der Waals surface area contributed by atoms with E-state index in [2.05, 4.69) is 20.1 Å². The summed E-state index contributed by atoms with van der Waals surface area (Å²) in [5.74, 6) is 0.507. The summed E-state index contributed by atoms with van der Waals surface area (Å²) in [6.07, 6.45) is 3.18. The van der Waals surface area contributed by atoms with Gasteiger partial charge in [-0.25, -0.2) is 9.97 Å². The van der Waals surface area contributed by atoms with Crippen LogP contribution in [-0.2, 0) is 25.8 Å². The van der Waals surface area contributed by atoms with Crippen LogP contribution in [0.15, 0.2) is 9.32 Å². The fraction of sp³-hybridized carbons (Fsp3) is 0.421. The van der Waals surface area contributed by atoms with Gasteiger partial charge in [0.1, 0.15) is 5.82 Å². The van der Waals surface area contributed by atoms with E-state index in [1.807, 2.05) is 6.92 Å². The van der Waals surface area contributed by atoms with Gasteiger partial charge in [-0.15, -0.1) is 0 Å². The molecule has 27 heavy (non-hydrogen) atoms. The van der Waals surface area contributed by atoms with Crippen molar-refractivity contribution in [1.29, 1.82) is 0 Å². The lowest BCUT2D eigenvalue weighted by atomic mass is 9.99. The molecule has 2 aliphatic rings. The number of aromatic amines is 1. The summed E-state index contributed by atoms with van der Waals surface area (Å²) >= 11 is 0. The Hall–Kier alpha value is -3.03. The summed E-state index contributed by atoms with van der Waals surface area (Å²) in [6, 6.07) is 0. The highest BCUT2D eigenvalue weighted by Gasteiger charge is 2.32. The van der Waals surface area contributed by atoms with Crippen LogP contribution in [0.5, 0.6) is 0 Å². The number of amides is 1. The summed E-state index contributed by atoms with van der Waals surface area (Å²) < 4.78 is 5.35. The number of fused-ring (bicyclic) bond motifs is 3. The van der Waals surface area contributed by atoms with Crippen molar-refractivity contribution in [2.24, 2.45) is 0 Å². The number of nitrogens with one attached hydrogen (secondary N) is 1. The second-order valence-electron chi connectivity index (χ2n) is 7.27. The minimum Gasteiger partial charge on any atom is -0.336 e. The van der Waals surface area contributed by atoms with Crippen LogP contribution in [0.1, 0.15) is 50.8 Å². The zero-order valence-electron chi connectivity index (χ0n) is 15.3. The number of pyridine rings is 1. The second kappa shape index (κ2) is 5.73. The first-order valence-corrected chi connectivity index (χ1v) is 9.18. The van der Waals surface area contributed by atoms with Crippen LogP contribution >= 0.6 is 0 Å². The lowest BCUT2D eigenvalue weighted by molar-refractivity contribution is 0.0732. The normalized spacial score (nSPS) is 15.9. The number of carbonyl (C=O) groups excluding carboxylic acids is 1. The third-order valence-corrected chi connectivity index (χ3v) is 5.51. The van der Waals surface area contributed by atoms with Gasteiger partial charge in [0.05, 0.1) is 28.9 Å². The predicted octanol–water partition coefficient (Wildman–Crippen LogP) is 1.61. The molecule has 5 rings (SSSR count). The minimum atomic E-state index is -0.105. The summed E-state index contributed by atoms with van der Waals surface area (Å²) in [6.45, 7) is 4.41. The van der Waals surface area contributed by atoms with Crippen molar-refractivity contribution in [3.63, 3.8) is 0 Å². The standard InChI is InChI=1S/C19H19N5O3/c1-9-15-16(11-4-3-5-13(11)22-18(15)27-23-9)19(26)24-7-6-12-14(8-24)20-10(2)21-17(12)25/h3-8H2,1-2H3,(H,20,21,25). The summed E-state index contributed by atoms with van der Waals surface area (Å²) in [7, 11) is 0. The number of aromatic nitrogens is 4. The van der Waals surface area contributed by atoms with Gasteiger partial charge in [0, 0.05) is 17.8 Å². The van der Waals surface area contributed by atoms with Crippen molar-refractivity contribution < 1.29 is 9.32 Å². The zero-order chi connectivity index (χ0) is 18.7. The van der Waals surface area contributed by atoms with E-state index >= 15 is 0 Å². The molecular weight excluding hydrogens is 346 g/mol. The zero-order valence-corrected chi connectivity index (χ0v) is 15.3. The van der Waals surface area contributed by atoms with E-state index in [1.165, 1.54) is 0 Å². The SMILES string of the molecule is Cc1nc2c(c(=O)[nH]1)CCN(C(=O)c1c3c(nc4onc(C)c14)CCC3)C2. The maximum absolute atomic E-state index is 13.5. The largest absolute Gasteiger partial charge is 0.336 e. The highest BCUT2D eigenvalue weighted by atomic mass is 16.5. The monoisotopic (exact) mass is 365 g/mol. The van der Waals surface area contributed by atoms with Gasteiger partial charge in [-0.2, -0.15) is 0 Å². The highest BCUT2D eigenvalue weighted by Crippen LogP contribution is 2.33. The molecule has 1 aliphatic carbocycles. The van der Waals surface area contributed by atoms with Crippen LogP contribution in [0.25, 0.3) is 11.1 Å². The molecule has 1 aliphatic heterocycles. The van der Waals surface area contributed by atoms with E-state index in [4.69, 9.17) is 4.52 Å². The lowest BCUT2D eigenvalue weighted by Crippen LogP contribution is -2.39. The van der Waals surface area contributed by atoms with Crippen LogP contribution in [0.3, 0.4) is 0 Å². The number of H-pyrrole nitrogens is 1. The Morgan fingerprint density at radius 3 is 2.81 bits per heavy atom. The van der Waals surface area contributed by atoms with Crippen molar-refractivity contribution in [2.45, 2.75) is 46.1 Å². The van der Waals surface area contributed by atoms with E-state index in [0.717, 1.165) is 30.5 Å². The summed E-state index contributed by atoms with van der Waals surface area (Å²) in [5, 5.41) is 4.73. The number of hydrogen-bond donors (Lipinski definition) is 1. The summed E-state index contributed by atoms with van der Waals surface area (Å²) in [4.78, 5) is 39.2. The maximum Gasteiger partial charge on any atom is 0.259 e. The smallest absolute Gasteiger partial charge is 0.259 e. The van der Waals surface area contributed by atoms with E-state index < -0.39 is 0 Å². The Morgan fingerprint density at radius 1 is 1.11 bits per heavy atom. The molecule has 0 spiro atoms. The van der Waals surface area contributed by atoms with Crippen LogP contribution in [0.2, 0.25) is 0 Å². The average molecular weight is 365 g/mol. The molecule has 0 radical (unpaired) electrons. The quantitative estimate of drug-likeness (QED) is 0.702. The van der Waals surface area contributed by atoms with Crippen LogP contribution in [0, 0.1) is 13.8 Å². The number of nitrogens with zero attached hydrogens (tertiary/aromatic N) is 4. The third kappa shape index (κ3) is 2.39. The molecule has 0 saturated carbocycles. The molecule has 8 heteroatoms. The molecule has 1 amide bonds. The molecule has 0 fully saturated rings. The Labute approximate surface area is 154 Å². The number of aryl methyl sites for hydroxylation is 3. The van der Waals surface area contributed by atoms with Crippen molar-refractivity contribution in [3.8, 4) is 0 Å². The fourth-order valence-electron chi connectivity index (χ4n) is 4.25. The molecule has 0 aromatic carbocycles. The Bertz CT molecular complexity index is 1160. The molecular formula is C19H19N5O3. The molecule has 0 saturated heterocycles. The predicted molar refractivity (Wildman–Crippen MR) is 96.6 cm³/mol. The number of carbonyl (C=O) groups is 1. The van der Waals surface area contributed by atoms with Crippen LogP contribution < -0.4 is 5.56 Å². The average Bonchev–Trinajstić information content (AvgIpc) is 3.25. The molecule has 138 valence electrons. The van der Waals surface area contributed by atoms with Gasteiger partial charge in [-0.05, 0) is 45.1 Å². The Kier molecular flexibility index (Phi) is 3.43. The molecule has 0 unspecified atom stereocenters. The fourth-order valence-corrected chi connectivity index (χ4v) is 4.25. The molecule has 4 heterocycles. The Morgan fingerprint density at radius 2 is 1.96 bits per heavy atom. The van der Waals surface area contributed by atoms with Crippen molar-refractivity contribution in [2.75, 3.05) is 6.54 Å². The lowest BCUT2D eigenvalue weighted by Gasteiger charge is -2.28. The molecule has 3 aromatic heterocycles. The topological polar surface area (TPSA) is 105 Å². The minimum absolute atomic E-state index is 0.0581. The molecule has 8 nitrogen and oxygen atoms in total. The van der Waals surface area contributed by atoms with E-state index in [0.29, 0.717) is 58.9 Å². The van der Waals surface area contributed by atoms with Crippen LogP contribution in [0.4, 0.5) is 0 Å². The van der Waals surface area contributed by atoms with Gasteiger partial charge in [0.2, 0.25) is 0 Å². The molecule has 1 N–H and O–H groups in total. The van der Waals surface area contributed by atoms with Gasteiger partial charge in [-0.1, -0.05) is 5.16 Å². The molecule has 0 atom stereocenters. The van der Waals surface area contributed by atoms with E-state index in [-0.39, 0.29) is 11.5 Å². The third-order valence-electron chi connectivity index (χ3n) is 5.51. The van der Waals surface area contributed by atoms with Crippen LogP contribution in [-0.4, -0.2) is 37.5 Å². The summed E-state index contributed by atoms with van der Waals surface area (Å²) in [5.41, 5.74) is 4.97. The first kappa shape index (κ1) is 16.2. The number of rotatable bonds is 1. The molecule has 3 aromatic rings. The van der Waals surface area contributed by atoms with E-state index in [1.54, 1.807) is 11.8 Å². The first-order valence-electron chi connectivity index (χ1n) is 9.18. The van der Waals surface area contributed by atoms with Crippen molar-refractivity contribution in [1.82, 2.24) is 25.0 Å². The maximum atomic E-state index is 13.5.